The zero-order valence-electron chi connectivity index (χ0n) is 9.64. The van der Waals surface area contributed by atoms with Gasteiger partial charge in [-0.25, -0.2) is 18.7 Å². The Morgan fingerprint density at radius 3 is 2.83 bits per heavy atom. The third kappa shape index (κ3) is 1.60. The number of halogens is 1. The molecule has 0 aliphatic carbocycles. The number of nitrogens with zero attached hydrogens (tertiary/aromatic N) is 2. The molecule has 3 aromatic rings. The van der Waals surface area contributed by atoms with Crippen molar-refractivity contribution in [2.24, 2.45) is 0 Å². The Hall–Kier alpha value is -2.43. The molecule has 0 saturated carbocycles. The number of hydrogen-bond acceptors (Lipinski definition) is 2. The summed E-state index contributed by atoms with van der Waals surface area (Å²) in [6.07, 6.45) is 1.68. The second-order valence-electron chi connectivity index (χ2n) is 4.12. The highest BCUT2D eigenvalue weighted by atomic mass is 19.1. The number of pyridine rings is 1. The molecule has 0 aliphatic rings. The van der Waals surface area contributed by atoms with E-state index in [-0.39, 0.29) is 11.5 Å². The Morgan fingerprint density at radius 1 is 1.28 bits per heavy atom. The van der Waals surface area contributed by atoms with Crippen LogP contribution in [0.3, 0.4) is 0 Å². The summed E-state index contributed by atoms with van der Waals surface area (Å²) in [5, 5.41) is 0. The average molecular weight is 243 g/mol. The van der Waals surface area contributed by atoms with Gasteiger partial charge in [-0.2, -0.15) is 0 Å². The summed E-state index contributed by atoms with van der Waals surface area (Å²) < 4.78 is 14.5. The molecule has 0 spiro atoms. The third-order valence-electron chi connectivity index (χ3n) is 2.77. The van der Waals surface area contributed by atoms with Gasteiger partial charge in [0, 0.05) is 6.20 Å². The van der Waals surface area contributed by atoms with Crippen molar-refractivity contribution in [1.82, 2.24) is 14.5 Å². The van der Waals surface area contributed by atoms with Crippen LogP contribution in [0.2, 0.25) is 0 Å². The Labute approximate surface area is 102 Å². The van der Waals surface area contributed by atoms with Crippen molar-refractivity contribution in [1.29, 1.82) is 0 Å². The maximum atomic E-state index is 13.1. The minimum absolute atomic E-state index is 0.327. The predicted molar refractivity (Wildman–Crippen MR) is 66.4 cm³/mol. The van der Waals surface area contributed by atoms with E-state index in [9.17, 15) is 9.18 Å². The summed E-state index contributed by atoms with van der Waals surface area (Å²) in [5.74, 6) is 0.135. The van der Waals surface area contributed by atoms with Crippen LogP contribution in [0, 0.1) is 12.7 Å². The van der Waals surface area contributed by atoms with Crippen molar-refractivity contribution in [3.8, 4) is 5.82 Å². The standard InChI is InChI=1S/C13H10FN3O/c1-8-2-5-12(15-7-8)17-11-4-3-9(14)6-10(11)16-13(17)18/h2-7H,1H3,(H,16,18). The van der Waals surface area contributed by atoms with E-state index < -0.39 is 0 Å². The first-order valence-corrected chi connectivity index (χ1v) is 5.48. The van der Waals surface area contributed by atoms with Crippen molar-refractivity contribution in [3.05, 3.63) is 58.4 Å². The molecule has 0 fully saturated rings. The highest BCUT2D eigenvalue weighted by Crippen LogP contribution is 2.15. The van der Waals surface area contributed by atoms with Crippen LogP contribution in [0.1, 0.15) is 5.56 Å². The van der Waals surface area contributed by atoms with Gasteiger partial charge in [0.2, 0.25) is 0 Å². The molecule has 0 atom stereocenters. The summed E-state index contributed by atoms with van der Waals surface area (Å²) in [4.78, 5) is 18.7. The summed E-state index contributed by atoms with van der Waals surface area (Å²) >= 11 is 0. The first kappa shape index (κ1) is 10.7. The maximum absolute atomic E-state index is 13.1. The van der Waals surface area contributed by atoms with E-state index in [4.69, 9.17) is 0 Å². The second-order valence-corrected chi connectivity index (χ2v) is 4.12. The number of fused-ring (bicyclic) bond motifs is 1. The zero-order chi connectivity index (χ0) is 12.7. The number of aromatic amines is 1. The van der Waals surface area contributed by atoms with E-state index in [2.05, 4.69) is 9.97 Å². The smallest absolute Gasteiger partial charge is 0.305 e. The lowest BCUT2D eigenvalue weighted by Gasteiger charge is -2.02. The number of benzene rings is 1. The van der Waals surface area contributed by atoms with Gasteiger partial charge < -0.3 is 4.98 Å². The fourth-order valence-corrected chi connectivity index (χ4v) is 1.90. The molecule has 1 aromatic carbocycles. The van der Waals surface area contributed by atoms with Gasteiger partial charge in [0.05, 0.1) is 11.0 Å². The number of imidazole rings is 1. The Morgan fingerprint density at radius 2 is 2.11 bits per heavy atom. The molecular weight excluding hydrogens is 233 g/mol. The van der Waals surface area contributed by atoms with E-state index in [1.165, 1.54) is 16.7 Å². The predicted octanol–water partition coefficient (Wildman–Crippen LogP) is 2.16. The molecule has 0 radical (unpaired) electrons. The topological polar surface area (TPSA) is 50.7 Å². The summed E-state index contributed by atoms with van der Waals surface area (Å²) in [7, 11) is 0. The molecule has 4 nitrogen and oxygen atoms in total. The van der Waals surface area contributed by atoms with Crippen LogP contribution in [0.4, 0.5) is 4.39 Å². The summed E-state index contributed by atoms with van der Waals surface area (Å²) in [5.41, 5.74) is 1.75. The normalized spacial score (nSPS) is 11.0. The van der Waals surface area contributed by atoms with E-state index in [1.807, 2.05) is 13.0 Å². The van der Waals surface area contributed by atoms with Gasteiger partial charge in [-0.3, -0.25) is 0 Å². The van der Waals surface area contributed by atoms with E-state index in [1.54, 1.807) is 18.3 Å². The first-order valence-electron chi connectivity index (χ1n) is 5.48. The van der Waals surface area contributed by atoms with E-state index in [0.717, 1.165) is 5.56 Å². The Bertz CT molecular complexity index is 771. The van der Waals surface area contributed by atoms with Gasteiger partial charge in [0.25, 0.3) is 0 Å². The number of nitrogens with one attached hydrogen (secondary N) is 1. The molecule has 18 heavy (non-hydrogen) atoms. The van der Waals surface area contributed by atoms with Gasteiger partial charge >= 0.3 is 5.69 Å². The van der Waals surface area contributed by atoms with Crippen LogP contribution in [-0.4, -0.2) is 14.5 Å². The molecule has 1 N–H and O–H groups in total. The number of hydrogen-bond donors (Lipinski definition) is 1. The Kier molecular flexibility index (Phi) is 2.26. The summed E-state index contributed by atoms with van der Waals surface area (Å²) in [6.45, 7) is 1.92. The molecule has 90 valence electrons. The molecule has 0 saturated heterocycles. The maximum Gasteiger partial charge on any atom is 0.332 e. The fourth-order valence-electron chi connectivity index (χ4n) is 1.90. The quantitative estimate of drug-likeness (QED) is 0.712. The lowest BCUT2D eigenvalue weighted by molar-refractivity contribution is 0.629. The van der Waals surface area contributed by atoms with Crippen LogP contribution < -0.4 is 5.69 Å². The van der Waals surface area contributed by atoms with Crippen molar-refractivity contribution in [2.75, 3.05) is 0 Å². The van der Waals surface area contributed by atoms with Gasteiger partial charge in [0.15, 0.2) is 0 Å². The third-order valence-corrected chi connectivity index (χ3v) is 2.77. The summed E-state index contributed by atoms with van der Waals surface area (Å²) in [6, 6.07) is 7.80. The van der Waals surface area contributed by atoms with Crippen LogP contribution in [0.25, 0.3) is 16.9 Å². The van der Waals surface area contributed by atoms with Gasteiger partial charge in [-0.1, -0.05) is 6.07 Å². The van der Waals surface area contributed by atoms with Crippen LogP contribution in [-0.2, 0) is 0 Å². The number of aryl methyl sites for hydroxylation is 1. The molecule has 3 rings (SSSR count). The van der Waals surface area contributed by atoms with Crippen LogP contribution in [0.5, 0.6) is 0 Å². The Balaban J connectivity index is 2.32. The van der Waals surface area contributed by atoms with Gasteiger partial charge in [-0.15, -0.1) is 0 Å². The number of aromatic nitrogens is 3. The van der Waals surface area contributed by atoms with Crippen LogP contribution >= 0.6 is 0 Å². The van der Waals surface area contributed by atoms with E-state index in [0.29, 0.717) is 16.9 Å². The van der Waals surface area contributed by atoms with Crippen molar-refractivity contribution in [3.63, 3.8) is 0 Å². The minimum Gasteiger partial charge on any atom is -0.305 e. The molecular formula is C13H10FN3O. The highest BCUT2D eigenvalue weighted by molar-refractivity contribution is 5.76. The van der Waals surface area contributed by atoms with Gasteiger partial charge in [0.1, 0.15) is 11.6 Å². The first-order chi connectivity index (χ1) is 8.65. The van der Waals surface area contributed by atoms with Crippen LogP contribution in [0.15, 0.2) is 41.3 Å². The lowest BCUT2D eigenvalue weighted by atomic mass is 10.3. The number of H-pyrrole nitrogens is 1. The number of rotatable bonds is 1. The molecule has 2 heterocycles. The largest absolute Gasteiger partial charge is 0.332 e. The van der Waals surface area contributed by atoms with E-state index >= 15 is 0 Å². The van der Waals surface area contributed by atoms with Crippen molar-refractivity contribution >= 4 is 11.0 Å². The molecule has 0 aliphatic heterocycles. The molecule has 0 unspecified atom stereocenters. The minimum atomic E-state index is -0.382. The molecule has 5 heteroatoms. The molecule has 2 aromatic heterocycles. The lowest BCUT2D eigenvalue weighted by Crippen LogP contribution is -2.15. The fraction of sp³-hybridized carbons (Fsp3) is 0.0769. The monoisotopic (exact) mass is 243 g/mol. The van der Waals surface area contributed by atoms with Crippen molar-refractivity contribution < 1.29 is 4.39 Å². The van der Waals surface area contributed by atoms with Crippen molar-refractivity contribution in [2.45, 2.75) is 6.92 Å². The highest BCUT2D eigenvalue weighted by Gasteiger charge is 2.09. The SMILES string of the molecule is Cc1ccc(-n2c(=O)[nH]c3cc(F)ccc32)nc1. The second kappa shape index (κ2) is 3.80. The average Bonchev–Trinajstić information content (AvgIpc) is 2.65. The van der Waals surface area contributed by atoms with Gasteiger partial charge in [-0.05, 0) is 36.8 Å². The molecule has 0 amide bonds. The molecule has 0 bridgehead atoms. The zero-order valence-corrected chi connectivity index (χ0v) is 9.64.